The molecule has 2 rings (SSSR count). The van der Waals surface area contributed by atoms with E-state index in [1.165, 1.54) is 6.42 Å². The summed E-state index contributed by atoms with van der Waals surface area (Å²) >= 11 is 0. The average Bonchev–Trinajstić information content (AvgIpc) is 2.12. The summed E-state index contributed by atoms with van der Waals surface area (Å²) < 4.78 is 5.63. The van der Waals surface area contributed by atoms with E-state index >= 15 is 0 Å². The summed E-state index contributed by atoms with van der Waals surface area (Å²) in [7, 11) is 0. The van der Waals surface area contributed by atoms with E-state index in [1.54, 1.807) is 6.20 Å². The minimum atomic E-state index is 0.0419. The van der Waals surface area contributed by atoms with Gasteiger partial charge in [-0.25, -0.2) is 4.98 Å². The lowest BCUT2D eigenvalue weighted by molar-refractivity contribution is 0.114. The first-order valence-corrected chi connectivity index (χ1v) is 5.14. The summed E-state index contributed by atoms with van der Waals surface area (Å²) in [4.78, 5) is 4.22. The zero-order valence-corrected chi connectivity index (χ0v) is 8.44. The Bertz CT molecular complexity index is 291. The lowest BCUT2D eigenvalue weighted by Gasteiger charge is -2.25. The van der Waals surface area contributed by atoms with Crippen LogP contribution in [0.3, 0.4) is 0 Å². The van der Waals surface area contributed by atoms with Gasteiger partial charge in [-0.15, -0.1) is 0 Å². The van der Waals surface area contributed by atoms with E-state index in [4.69, 9.17) is 10.5 Å². The van der Waals surface area contributed by atoms with Crippen LogP contribution in [-0.4, -0.2) is 11.1 Å². The summed E-state index contributed by atoms with van der Waals surface area (Å²) in [5.41, 5.74) is 6.77. The monoisotopic (exact) mass is 192 g/mol. The van der Waals surface area contributed by atoms with Gasteiger partial charge in [-0.3, -0.25) is 0 Å². The molecule has 0 aromatic carbocycles. The fourth-order valence-corrected chi connectivity index (χ4v) is 1.39. The molecule has 0 radical (unpaired) electrons. The lowest BCUT2D eigenvalue weighted by atomic mass is 9.96. The van der Waals surface area contributed by atoms with Crippen LogP contribution in [0.5, 0.6) is 5.88 Å². The van der Waals surface area contributed by atoms with Gasteiger partial charge < -0.3 is 10.5 Å². The highest BCUT2D eigenvalue weighted by Gasteiger charge is 2.19. The smallest absolute Gasteiger partial charge is 0.213 e. The minimum absolute atomic E-state index is 0.0419. The van der Waals surface area contributed by atoms with Gasteiger partial charge in [-0.1, -0.05) is 6.07 Å². The Morgan fingerprint density at radius 1 is 1.50 bits per heavy atom. The quantitative estimate of drug-likeness (QED) is 0.797. The van der Waals surface area contributed by atoms with Gasteiger partial charge in [0.1, 0.15) is 6.10 Å². The van der Waals surface area contributed by atoms with Crippen LogP contribution in [0.2, 0.25) is 0 Å². The summed E-state index contributed by atoms with van der Waals surface area (Å²) in [5, 5.41) is 0. The van der Waals surface area contributed by atoms with Gasteiger partial charge >= 0.3 is 0 Å². The van der Waals surface area contributed by atoms with Crippen molar-refractivity contribution in [2.75, 3.05) is 0 Å². The molecule has 0 unspecified atom stereocenters. The second-order valence-electron chi connectivity index (χ2n) is 3.89. The molecule has 1 heterocycles. The van der Waals surface area contributed by atoms with Crippen molar-refractivity contribution in [1.82, 2.24) is 4.98 Å². The van der Waals surface area contributed by atoms with Crippen molar-refractivity contribution >= 4 is 0 Å². The summed E-state index contributed by atoms with van der Waals surface area (Å²) in [5.74, 6) is 0.721. The fraction of sp³-hybridized carbons (Fsp3) is 0.545. The molecule has 0 bridgehead atoms. The van der Waals surface area contributed by atoms with Crippen LogP contribution in [-0.2, 0) is 0 Å². The Kier molecular flexibility index (Phi) is 2.68. The molecule has 0 saturated heterocycles. The number of rotatable bonds is 3. The first-order valence-electron chi connectivity index (χ1n) is 5.14. The van der Waals surface area contributed by atoms with E-state index in [1.807, 2.05) is 19.1 Å². The van der Waals surface area contributed by atoms with Crippen LogP contribution in [0.4, 0.5) is 0 Å². The molecule has 3 heteroatoms. The number of hydrogen-bond donors (Lipinski definition) is 1. The molecule has 2 N–H and O–H groups in total. The van der Waals surface area contributed by atoms with Crippen LogP contribution in [0.1, 0.15) is 37.8 Å². The first-order chi connectivity index (χ1) is 6.75. The number of ether oxygens (including phenoxy) is 1. The van der Waals surface area contributed by atoms with Crippen molar-refractivity contribution in [3.8, 4) is 5.88 Å². The summed E-state index contributed by atoms with van der Waals surface area (Å²) in [6.45, 7) is 1.95. The van der Waals surface area contributed by atoms with Crippen LogP contribution in [0, 0.1) is 0 Å². The molecule has 0 spiro atoms. The highest BCUT2D eigenvalue weighted by atomic mass is 16.5. The number of hydrogen-bond acceptors (Lipinski definition) is 3. The van der Waals surface area contributed by atoms with Crippen LogP contribution in [0.15, 0.2) is 18.3 Å². The predicted molar refractivity (Wildman–Crippen MR) is 55.1 cm³/mol. The molecular weight excluding hydrogens is 176 g/mol. The number of nitrogens with zero attached hydrogens (tertiary/aromatic N) is 1. The van der Waals surface area contributed by atoms with E-state index in [0.717, 1.165) is 24.3 Å². The van der Waals surface area contributed by atoms with Crippen molar-refractivity contribution in [2.24, 2.45) is 5.73 Å². The van der Waals surface area contributed by atoms with E-state index < -0.39 is 0 Å². The zero-order chi connectivity index (χ0) is 9.97. The molecular formula is C11H16N2O. The van der Waals surface area contributed by atoms with Gasteiger partial charge in [0, 0.05) is 18.3 Å². The third-order valence-corrected chi connectivity index (χ3v) is 2.62. The molecule has 76 valence electrons. The largest absolute Gasteiger partial charge is 0.474 e. The molecule has 1 saturated carbocycles. The Labute approximate surface area is 84.3 Å². The molecule has 1 atom stereocenters. The van der Waals surface area contributed by atoms with Crippen molar-refractivity contribution in [2.45, 2.75) is 38.3 Å². The van der Waals surface area contributed by atoms with E-state index in [2.05, 4.69) is 4.98 Å². The van der Waals surface area contributed by atoms with Crippen molar-refractivity contribution in [3.05, 3.63) is 23.9 Å². The molecule has 0 amide bonds. The summed E-state index contributed by atoms with van der Waals surface area (Å²) in [6.07, 6.45) is 5.79. The van der Waals surface area contributed by atoms with Gasteiger partial charge in [0.25, 0.3) is 0 Å². The molecule has 1 fully saturated rings. The number of pyridine rings is 1. The minimum Gasteiger partial charge on any atom is -0.474 e. The second kappa shape index (κ2) is 3.96. The van der Waals surface area contributed by atoms with Crippen LogP contribution >= 0.6 is 0 Å². The van der Waals surface area contributed by atoms with E-state index in [9.17, 15) is 0 Å². The van der Waals surface area contributed by atoms with Crippen molar-refractivity contribution in [1.29, 1.82) is 0 Å². The SMILES string of the molecule is C[C@H](N)c1ccc(OC2CCC2)nc1. The van der Waals surface area contributed by atoms with Crippen molar-refractivity contribution < 1.29 is 4.74 Å². The summed E-state index contributed by atoms with van der Waals surface area (Å²) in [6, 6.07) is 3.92. The number of nitrogens with two attached hydrogens (primary N) is 1. The fourth-order valence-electron chi connectivity index (χ4n) is 1.39. The Balaban J connectivity index is 1.98. The molecule has 1 aliphatic carbocycles. The molecule has 1 aromatic rings. The van der Waals surface area contributed by atoms with Crippen molar-refractivity contribution in [3.63, 3.8) is 0 Å². The Hall–Kier alpha value is -1.09. The van der Waals surface area contributed by atoms with Gasteiger partial charge in [-0.2, -0.15) is 0 Å². The van der Waals surface area contributed by atoms with E-state index in [-0.39, 0.29) is 6.04 Å². The third kappa shape index (κ3) is 2.04. The molecule has 14 heavy (non-hydrogen) atoms. The molecule has 1 aliphatic rings. The lowest BCUT2D eigenvalue weighted by Crippen LogP contribution is -2.24. The highest BCUT2D eigenvalue weighted by Crippen LogP contribution is 2.24. The predicted octanol–water partition coefficient (Wildman–Crippen LogP) is 2.03. The van der Waals surface area contributed by atoms with Gasteiger partial charge in [-0.05, 0) is 31.7 Å². The molecule has 0 aliphatic heterocycles. The van der Waals surface area contributed by atoms with Crippen LogP contribution in [0.25, 0.3) is 0 Å². The average molecular weight is 192 g/mol. The zero-order valence-electron chi connectivity index (χ0n) is 8.44. The van der Waals surface area contributed by atoms with Gasteiger partial charge in [0.05, 0.1) is 0 Å². The topological polar surface area (TPSA) is 48.1 Å². The number of aromatic nitrogens is 1. The maximum Gasteiger partial charge on any atom is 0.213 e. The van der Waals surface area contributed by atoms with Gasteiger partial charge in [0.15, 0.2) is 0 Å². The van der Waals surface area contributed by atoms with Crippen LogP contribution < -0.4 is 10.5 Å². The van der Waals surface area contributed by atoms with E-state index in [0.29, 0.717) is 6.10 Å². The highest BCUT2D eigenvalue weighted by molar-refractivity contribution is 5.20. The molecule has 1 aromatic heterocycles. The maximum absolute atomic E-state index is 5.72. The maximum atomic E-state index is 5.72. The Morgan fingerprint density at radius 2 is 2.29 bits per heavy atom. The third-order valence-electron chi connectivity index (χ3n) is 2.62. The second-order valence-corrected chi connectivity index (χ2v) is 3.89. The first kappa shape index (κ1) is 9.46. The normalized spacial score (nSPS) is 18.7. The van der Waals surface area contributed by atoms with Gasteiger partial charge in [0.2, 0.25) is 5.88 Å². The Morgan fingerprint density at radius 3 is 2.71 bits per heavy atom. The molecule has 3 nitrogen and oxygen atoms in total. The standard InChI is InChI=1S/C11H16N2O/c1-8(12)9-5-6-11(13-7-9)14-10-3-2-4-10/h5-8,10H,2-4,12H2,1H3/t8-/m0/s1.